The van der Waals surface area contributed by atoms with Crippen molar-refractivity contribution in [1.82, 2.24) is 20.4 Å². The van der Waals surface area contributed by atoms with Gasteiger partial charge in [0, 0.05) is 45.8 Å². The molecule has 3 atom stereocenters. The lowest BCUT2D eigenvalue weighted by molar-refractivity contribution is -0.0705. The van der Waals surface area contributed by atoms with Gasteiger partial charge in [-0.15, -0.1) is 24.0 Å². The molecule has 0 spiro atoms. The minimum Gasteiger partial charge on any atom is -0.373 e. The van der Waals surface area contributed by atoms with Gasteiger partial charge in [0.1, 0.15) is 0 Å². The number of likely N-dealkylation sites (tertiary alicyclic amines) is 1. The highest BCUT2D eigenvalue weighted by molar-refractivity contribution is 14.0. The molecule has 2 fully saturated rings. The highest BCUT2D eigenvalue weighted by Crippen LogP contribution is 2.17. The van der Waals surface area contributed by atoms with E-state index in [0.717, 1.165) is 45.2 Å². The molecule has 6 nitrogen and oxygen atoms in total. The Morgan fingerprint density at radius 3 is 2.50 bits per heavy atom. The van der Waals surface area contributed by atoms with Gasteiger partial charge >= 0.3 is 0 Å². The molecule has 2 heterocycles. The second kappa shape index (κ2) is 12.8. The van der Waals surface area contributed by atoms with Gasteiger partial charge in [0.05, 0.1) is 12.2 Å². The van der Waals surface area contributed by atoms with Crippen LogP contribution in [0.4, 0.5) is 0 Å². The monoisotopic (exact) mass is 529 g/mol. The number of halogens is 1. The van der Waals surface area contributed by atoms with Crippen molar-refractivity contribution in [3.8, 4) is 0 Å². The number of morpholine rings is 1. The molecule has 0 saturated carbocycles. The Morgan fingerprint density at radius 1 is 1.13 bits per heavy atom. The summed E-state index contributed by atoms with van der Waals surface area (Å²) < 4.78 is 5.88. The first-order chi connectivity index (χ1) is 14.1. The Balaban J connectivity index is 0.00000320. The van der Waals surface area contributed by atoms with Gasteiger partial charge in [0.15, 0.2) is 5.96 Å². The maximum atomic E-state index is 5.88. The highest BCUT2D eigenvalue weighted by atomic mass is 127. The second-order valence-electron chi connectivity index (χ2n) is 8.45. The third-order valence-electron chi connectivity index (χ3n) is 6.09. The zero-order valence-electron chi connectivity index (χ0n) is 19.1. The Morgan fingerprint density at radius 2 is 1.83 bits per heavy atom. The number of nitrogens with zero attached hydrogens (tertiary/aromatic N) is 3. The Bertz CT molecular complexity index is 661. The Hall–Kier alpha value is -0.900. The maximum absolute atomic E-state index is 5.88. The summed E-state index contributed by atoms with van der Waals surface area (Å²) >= 11 is 0. The van der Waals surface area contributed by atoms with E-state index in [1.165, 1.54) is 30.5 Å². The smallest absolute Gasteiger partial charge is 0.191 e. The summed E-state index contributed by atoms with van der Waals surface area (Å²) in [6, 6.07) is 9.35. The van der Waals surface area contributed by atoms with Crippen molar-refractivity contribution in [2.45, 2.75) is 65.0 Å². The first kappa shape index (κ1) is 25.4. The largest absolute Gasteiger partial charge is 0.373 e. The summed E-state index contributed by atoms with van der Waals surface area (Å²) in [5.74, 6) is 0.886. The first-order valence-corrected chi connectivity index (χ1v) is 11.2. The van der Waals surface area contributed by atoms with Crippen molar-refractivity contribution >= 4 is 29.9 Å². The zero-order chi connectivity index (χ0) is 20.6. The molecule has 0 amide bonds. The molecule has 0 aromatic heterocycles. The molecule has 1 aromatic rings. The lowest BCUT2D eigenvalue weighted by Gasteiger charge is -2.35. The number of hydrogen-bond acceptors (Lipinski definition) is 4. The fourth-order valence-corrected chi connectivity index (χ4v) is 4.70. The van der Waals surface area contributed by atoms with Crippen LogP contribution >= 0.6 is 24.0 Å². The molecule has 170 valence electrons. The first-order valence-electron chi connectivity index (χ1n) is 11.2. The fraction of sp³-hybridized carbons (Fsp3) is 0.696. The zero-order valence-corrected chi connectivity index (χ0v) is 21.4. The van der Waals surface area contributed by atoms with Crippen molar-refractivity contribution < 1.29 is 4.74 Å². The molecule has 7 heteroatoms. The van der Waals surface area contributed by atoms with Crippen LogP contribution in [-0.2, 0) is 17.8 Å². The van der Waals surface area contributed by atoms with E-state index in [9.17, 15) is 0 Å². The Labute approximate surface area is 199 Å². The van der Waals surface area contributed by atoms with Gasteiger partial charge < -0.3 is 15.4 Å². The van der Waals surface area contributed by atoms with Gasteiger partial charge in [-0.3, -0.25) is 14.8 Å². The van der Waals surface area contributed by atoms with E-state index >= 15 is 0 Å². The van der Waals surface area contributed by atoms with Crippen LogP contribution in [0.15, 0.2) is 29.3 Å². The molecule has 3 unspecified atom stereocenters. The van der Waals surface area contributed by atoms with Crippen molar-refractivity contribution in [3.05, 3.63) is 35.4 Å². The number of likely N-dealkylation sites (N-methyl/N-ethyl adjacent to an activating group) is 1. The molecule has 3 rings (SSSR count). The highest BCUT2D eigenvalue weighted by Gasteiger charge is 2.24. The van der Waals surface area contributed by atoms with Crippen LogP contribution in [0.5, 0.6) is 0 Å². The molecular formula is C23H40IN5O. The average Bonchev–Trinajstić information content (AvgIpc) is 3.16. The number of nitrogens with one attached hydrogen (secondary N) is 2. The summed E-state index contributed by atoms with van der Waals surface area (Å²) in [6.45, 7) is 13.6. The van der Waals surface area contributed by atoms with E-state index in [2.05, 4.69) is 70.5 Å². The van der Waals surface area contributed by atoms with Crippen LogP contribution in [0, 0.1) is 0 Å². The van der Waals surface area contributed by atoms with Crippen LogP contribution in [0.25, 0.3) is 0 Å². The maximum Gasteiger partial charge on any atom is 0.191 e. The molecule has 2 aliphatic heterocycles. The van der Waals surface area contributed by atoms with Gasteiger partial charge in [-0.2, -0.15) is 0 Å². The van der Waals surface area contributed by atoms with Gasteiger partial charge in [-0.05, 0) is 50.9 Å². The lowest BCUT2D eigenvalue weighted by atomic mass is 10.1. The third-order valence-corrected chi connectivity index (χ3v) is 6.09. The molecule has 1 aromatic carbocycles. The molecule has 30 heavy (non-hydrogen) atoms. The minimum atomic E-state index is 0. The summed E-state index contributed by atoms with van der Waals surface area (Å²) in [6.07, 6.45) is 3.17. The predicted octanol–water partition coefficient (Wildman–Crippen LogP) is 3.06. The second-order valence-corrected chi connectivity index (χ2v) is 8.45. The van der Waals surface area contributed by atoms with Gasteiger partial charge in [-0.25, -0.2) is 0 Å². The molecule has 2 N–H and O–H groups in total. The number of rotatable bonds is 7. The van der Waals surface area contributed by atoms with E-state index in [1.807, 2.05) is 7.05 Å². The van der Waals surface area contributed by atoms with Crippen LogP contribution in [0.2, 0.25) is 0 Å². The standard InChI is InChI=1S/C23H39N5O.HI/c1-5-28-12-8-11-22(28)14-26-23(24-4)25-13-20-9-6-7-10-21(20)17-27-15-18(2)29-19(3)16-27;/h6-7,9-10,18-19,22H,5,8,11-17H2,1-4H3,(H2,24,25,26);1H. The number of hydrogen-bond donors (Lipinski definition) is 2. The predicted molar refractivity (Wildman–Crippen MR) is 136 cm³/mol. The van der Waals surface area contributed by atoms with Crippen LogP contribution in [0.3, 0.4) is 0 Å². The summed E-state index contributed by atoms with van der Waals surface area (Å²) in [5.41, 5.74) is 2.71. The van der Waals surface area contributed by atoms with Crippen LogP contribution in [-0.4, -0.2) is 73.8 Å². The normalized spacial score (nSPS) is 25.7. The van der Waals surface area contributed by atoms with Gasteiger partial charge in [-0.1, -0.05) is 31.2 Å². The molecular weight excluding hydrogens is 489 g/mol. The Kier molecular flexibility index (Phi) is 10.8. The van der Waals surface area contributed by atoms with Gasteiger partial charge in [0.2, 0.25) is 0 Å². The molecule has 0 bridgehead atoms. The van der Waals surface area contributed by atoms with Crippen LogP contribution < -0.4 is 10.6 Å². The lowest BCUT2D eigenvalue weighted by Crippen LogP contribution is -2.45. The van der Waals surface area contributed by atoms with Crippen molar-refractivity contribution in [1.29, 1.82) is 0 Å². The van der Waals surface area contributed by atoms with E-state index in [1.54, 1.807) is 0 Å². The molecule has 2 aliphatic rings. The summed E-state index contributed by atoms with van der Waals surface area (Å²) in [7, 11) is 1.85. The number of guanidine groups is 1. The molecule has 0 radical (unpaired) electrons. The van der Waals surface area contributed by atoms with Crippen molar-refractivity contribution in [2.24, 2.45) is 4.99 Å². The van der Waals surface area contributed by atoms with Crippen molar-refractivity contribution in [3.63, 3.8) is 0 Å². The van der Waals surface area contributed by atoms with Crippen LogP contribution in [0.1, 0.15) is 44.7 Å². The SMILES string of the molecule is CCN1CCCC1CNC(=NC)NCc1ccccc1CN1CC(C)OC(C)C1.I. The molecule has 2 saturated heterocycles. The van der Waals surface area contributed by atoms with Gasteiger partial charge in [0.25, 0.3) is 0 Å². The summed E-state index contributed by atoms with van der Waals surface area (Å²) in [4.78, 5) is 9.49. The number of benzene rings is 1. The van der Waals surface area contributed by atoms with E-state index in [0.29, 0.717) is 18.2 Å². The van der Waals surface area contributed by atoms with E-state index < -0.39 is 0 Å². The minimum absolute atomic E-state index is 0. The quantitative estimate of drug-likeness (QED) is 0.323. The summed E-state index contributed by atoms with van der Waals surface area (Å²) in [5, 5.41) is 7.04. The van der Waals surface area contributed by atoms with E-state index in [-0.39, 0.29) is 24.0 Å². The third kappa shape index (κ3) is 7.35. The topological polar surface area (TPSA) is 52.1 Å². The average molecular weight is 530 g/mol. The number of aliphatic imine (C=N–C) groups is 1. The fourth-order valence-electron chi connectivity index (χ4n) is 4.70. The molecule has 0 aliphatic carbocycles. The van der Waals surface area contributed by atoms with E-state index in [4.69, 9.17) is 4.74 Å². The van der Waals surface area contributed by atoms with Crippen molar-refractivity contribution in [2.75, 3.05) is 39.8 Å². The number of ether oxygens (including phenoxy) is 1.